The summed E-state index contributed by atoms with van der Waals surface area (Å²) in [6.07, 6.45) is 2.97. The van der Waals surface area contributed by atoms with Crippen molar-refractivity contribution in [3.63, 3.8) is 0 Å². The second-order valence-corrected chi connectivity index (χ2v) is 7.44. The lowest BCUT2D eigenvalue weighted by Gasteiger charge is -2.34. The first kappa shape index (κ1) is 19.2. The van der Waals surface area contributed by atoms with Gasteiger partial charge in [0, 0.05) is 26.2 Å². The molecule has 1 N–H and O–H groups in total. The summed E-state index contributed by atoms with van der Waals surface area (Å²) in [6, 6.07) is 16.0. The van der Waals surface area contributed by atoms with Gasteiger partial charge >= 0.3 is 0 Å². The minimum absolute atomic E-state index is 0.0000419. The van der Waals surface area contributed by atoms with Gasteiger partial charge in [-0.15, -0.1) is 0 Å². The number of furan rings is 1. The molecular formula is C23H25N3O3. The quantitative estimate of drug-likeness (QED) is 0.726. The molecule has 1 aromatic heterocycles. The van der Waals surface area contributed by atoms with E-state index in [1.54, 1.807) is 11.0 Å². The Bertz CT molecular complexity index is 986. The first-order valence-corrected chi connectivity index (χ1v) is 9.92. The highest BCUT2D eigenvalue weighted by molar-refractivity contribution is 5.94. The van der Waals surface area contributed by atoms with Crippen molar-refractivity contribution in [3.8, 4) is 0 Å². The molecule has 4 rings (SSSR count). The fourth-order valence-electron chi connectivity index (χ4n) is 3.87. The molecule has 2 heterocycles. The summed E-state index contributed by atoms with van der Waals surface area (Å²) >= 11 is 0. The predicted molar refractivity (Wildman–Crippen MR) is 112 cm³/mol. The van der Waals surface area contributed by atoms with Crippen molar-refractivity contribution in [2.45, 2.75) is 13.0 Å². The van der Waals surface area contributed by atoms with Gasteiger partial charge in [0.1, 0.15) is 6.26 Å². The van der Waals surface area contributed by atoms with Crippen molar-refractivity contribution < 1.29 is 14.0 Å². The zero-order chi connectivity index (χ0) is 20.2. The number of amides is 2. The summed E-state index contributed by atoms with van der Waals surface area (Å²) in [6.45, 7) is 4.93. The molecule has 3 aromatic rings. The third-order valence-electron chi connectivity index (χ3n) is 5.46. The number of hydrogen-bond donors (Lipinski definition) is 1. The van der Waals surface area contributed by atoms with Crippen LogP contribution in [0.15, 0.2) is 65.5 Å². The van der Waals surface area contributed by atoms with Crippen molar-refractivity contribution in [3.05, 3.63) is 72.2 Å². The van der Waals surface area contributed by atoms with Gasteiger partial charge in [0.05, 0.1) is 24.4 Å². The Labute approximate surface area is 170 Å². The molecule has 29 heavy (non-hydrogen) atoms. The lowest BCUT2D eigenvalue weighted by atomic mass is 10.00. The SMILES string of the molecule is CC(NC(=O)CN1CCN(C(=O)c2ccoc2)CC1)c1cccc2ccccc12. The van der Waals surface area contributed by atoms with E-state index in [4.69, 9.17) is 4.42 Å². The Hall–Kier alpha value is -3.12. The van der Waals surface area contributed by atoms with E-state index in [0.717, 1.165) is 10.9 Å². The number of benzene rings is 2. The fourth-order valence-corrected chi connectivity index (χ4v) is 3.87. The average Bonchev–Trinajstić information content (AvgIpc) is 3.28. The number of nitrogens with zero attached hydrogens (tertiary/aromatic N) is 2. The van der Waals surface area contributed by atoms with Crippen LogP contribution in [0.5, 0.6) is 0 Å². The molecule has 1 aliphatic heterocycles. The van der Waals surface area contributed by atoms with E-state index in [9.17, 15) is 9.59 Å². The van der Waals surface area contributed by atoms with Crippen molar-refractivity contribution in [1.29, 1.82) is 0 Å². The van der Waals surface area contributed by atoms with E-state index < -0.39 is 0 Å². The second kappa shape index (κ2) is 8.49. The van der Waals surface area contributed by atoms with Crippen LogP contribution < -0.4 is 5.32 Å². The van der Waals surface area contributed by atoms with Gasteiger partial charge < -0.3 is 14.6 Å². The molecule has 1 fully saturated rings. The average molecular weight is 391 g/mol. The van der Waals surface area contributed by atoms with Crippen LogP contribution >= 0.6 is 0 Å². The van der Waals surface area contributed by atoms with Crippen LogP contribution in [0.2, 0.25) is 0 Å². The zero-order valence-corrected chi connectivity index (χ0v) is 16.5. The molecule has 0 spiro atoms. The summed E-state index contributed by atoms with van der Waals surface area (Å²) in [5.74, 6) is -0.0209. The van der Waals surface area contributed by atoms with Gasteiger partial charge in [-0.05, 0) is 29.3 Å². The number of fused-ring (bicyclic) bond motifs is 1. The van der Waals surface area contributed by atoms with Gasteiger partial charge in [-0.1, -0.05) is 42.5 Å². The van der Waals surface area contributed by atoms with Crippen LogP contribution in [0.1, 0.15) is 28.9 Å². The highest BCUT2D eigenvalue weighted by Gasteiger charge is 2.24. The lowest BCUT2D eigenvalue weighted by molar-refractivity contribution is -0.123. The van der Waals surface area contributed by atoms with E-state index in [1.807, 2.05) is 25.1 Å². The third-order valence-corrected chi connectivity index (χ3v) is 5.46. The summed E-state index contributed by atoms with van der Waals surface area (Å²) in [7, 11) is 0. The maximum absolute atomic E-state index is 12.6. The van der Waals surface area contributed by atoms with Crippen LogP contribution in [0.4, 0.5) is 0 Å². The summed E-state index contributed by atoms with van der Waals surface area (Å²) in [5, 5.41) is 5.45. The Kier molecular flexibility index (Phi) is 5.62. The molecule has 1 saturated heterocycles. The number of piperazine rings is 1. The molecule has 0 aliphatic carbocycles. The molecule has 0 saturated carbocycles. The first-order valence-electron chi connectivity index (χ1n) is 9.92. The number of carbonyl (C=O) groups is 2. The second-order valence-electron chi connectivity index (χ2n) is 7.44. The van der Waals surface area contributed by atoms with E-state index in [-0.39, 0.29) is 17.9 Å². The van der Waals surface area contributed by atoms with E-state index in [0.29, 0.717) is 38.3 Å². The van der Waals surface area contributed by atoms with Gasteiger partial charge in [0.15, 0.2) is 0 Å². The van der Waals surface area contributed by atoms with Crippen LogP contribution in [0.25, 0.3) is 10.8 Å². The fraction of sp³-hybridized carbons (Fsp3) is 0.304. The van der Waals surface area contributed by atoms with Gasteiger partial charge in [-0.25, -0.2) is 0 Å². The lowest BCUT2D eigenvalue weighted by Crippen LogP contribution is -2.51. The van der Waals surface area contributed by atoms with Gasteiger partial charge in [-0.2, -0.15) is 0 Å². The highest BCUT2D eigenvalue weighted by Crippen LogP contribution is 2.24. The molecular weight excluding hydrogens is 366 g/mol. The molecule has 1 atom stereocenters. The van der Waals surface area contributed by atoms with E-state index in [2.05, 4.69) is 34.5 Å². The van der Waals surface area contributed by atoms with E-state index >= 15 is 0 Å². The van der Waals surface area contributed by atoms with Gasteiger partial charge in [0.25, 0.3) is 5.91 Å². The highest BCUT2D eigenvalue weighted by atomic mass is 16.3. The molecule has 0 radical (unpaired) electrons. The van der Waals surface area contributed by atoms with Crippen molar-refractivity contribution in [2.75, 3.05) is 32.7 Å². The number of hydrogen-bond acceptors (Lipinski definition) is 4. The number of rotatable bonds is 5. The van der Waals surface area contributed by atoms with Crippen LogP contribution in [0, 0.1) is 0 Å². The Morgan fingerprint density at radius 1 is 1.03 bits per heavy atom. The predicted octanol–water partition coefficient (Wildman–Crippen LogP) is 3.07. The van der Waals surface area contributed by atoms with Gasteiger partial charge in [0.2, 0.25) is 5.91 Å². The van der Waals surface area contributed by atoms with Crippen LogP contribution in [-0.4, -0.2) is 54.3 Å². The summed E-state index contributed by atoms with van der Waals surface area (Å²) < 4.78 is 4.99. The molecule has 2 amide bonds. The minimum atomic E-state index is -0.0717. The maximum atomic E-state index is 12.6. The standard InChI is InChI=1S/C23H25N3O3/c1-17(20-8-4-6-18-5-2-3-7-21(18)20)24-22(27)15-25-10-12-26(13-11-25)23(28)19-9-14-29-16-19/h2-9,14,16-17H,10-13,15H2,1H3,(H,24,27). The normalized spacial score (nSPS) is 16.0. The van der Waals surface area contributed by atoms with Crippen molar-refractivity contribution in [2.24, 2.45) is 0 Å². The summed E-state index contributed by atoms with van der Waals surface area (Å²) in [4.78, 5) is 28.8. The minimum Gasteiger partial charge on any atom is -0.472 e. The number of carbonyl (C=O) groups excluding carboxylic acids is 2. The monoisotopic (exact) mass is 391 g/mol. The molecule has 1 unspecified atom stereocenters. The largest absolute Gasteiger partial charge is 0.472 e. The molecule has 6 heteroatoms. The van der Waals surface area contributed by atoms with Crippen molar-refractivity contribution >= 4 is 22.6 Å². The Morgan fingerprint density at radius 3 is 2.55 bits per heavy atom. The Balaban J connectivity index is 1.30. The van der Waals surface area contributed by atoms with E-state index in [1.165, 1.54) is 17.9 Å². The molecule has 1 aliphatic rings. The molecule has 0 bridgehead atoms. The van der Waals surface area contributed by atoms with Crippen molar-refractivity contribution in [1.82, 2.24) is 15.1 Å². The molecule has 6 nitrogen and oxygen atoms in total. The maximum Gasteiger partial charge on any atom is 0.257 e. The smallest absolute Gasteiger partial charge is 0.257 e. The summed E-state index contributed by atoms with van der Waals surface area (Å²) in [5.41, 5.74) is 1.69. The molecule has 150 valence electrons. The number of nitrogens with one attached hydrogen (secondary N) is 1. The van der Waals surface area contributed by atoms with Gasteiger partial charge in [-0.3, -0.25) is 14.5 Å². The molecule has 2 aromatic carbocycles. The zero-order valence-electron chi connectivity index (χ0n) is 16.5. The third kappa shape index (κ3) is 4.32. The Morgan fingerprint density at radius 2 is 1.79 bits per heavy atom. The first-order chi connectivity index (χ1) is 14.1. The van der Waals surface area contributed by atoms with Crippen LogP contribution in [-0.2, 0) is 4.79 Å². The van der Waals surface area contributed by atoms with Crippen LogP contribution in [0.3, 0.4) is 0 Å². The topological polar surface area (TPSA) is 65.8 Å².